The SMILES string of the molecule is COc1ccc(C(=O)C[n+]2ccc(-c3ccc(OC)c(OC)c3)nc2)cc1. The van der Waals surface area contributed by atoms with E-state index in [1.165, 1.54) is 0 Å². The van der Waals surface area contributed by atoms with Crippen molar-refractivity contribution in [3.63, 3.8) is 0 Å². The van der Waals surface area contributed by atoms with Gasteiger partial charge in [-0.3, -0.25) is 4.79 Å². The summed E-state index contributed by atoms with van der Waals surface area (Å²) < 4.78 is 17.4. The molecule has 3 rings (SSSR count). The summed E-state index contributed by atoms with van der Waals surface area (Å²) >= 11 is 0. The van der Waals surface area contributed by atoms with Gasteiger partial charge in [0, 0.05) is 17.2 Å². The molecule has 0 aliphatic rings. The van der Waals surface area contributed by atoms with Gasteiger partial charge in [-0.05, 0) is 47.4 Å². The minimum absolute atomic E-state index is 0.00307. The molecule has 0 radical (unpaired) electrons. The van der Waals surface area contributed by atoms with Crippen molar-refractivity contribution < 1.29 is 23.6 Å². The first-order chi connectivity index (χ1) is 13.1. The number of carbonyl (C=O) groups excluding carboxylic acids is 1. The highest BCUT2D eigenvalue weighted by molar-refractivity contribution is 5.95. The lowest BCUT2D eigenvalue weighted by Crippen LogP contribution is -2.37. The Morgan fingerprint density at radius 1 is 0.926 bits per heavy atom. The number of hydrogen-bond donors (Lipinski definition) is 0. The number of aromatic nitrogens is 2. The van der Waals surface area contributed by atoms with Crippen LogP contribution in [0.1, 0.15) is 10.4 Å². The summed E-state index contributed by atoms with van der Waals surface area (Å²) in [5.41, 5.74) is 2.32. The zero-order valence-corrected chi connectivity index (χ0v) is 15.5. The summed E-state index contributed by atoms with van der Waals surface area (Å²) in [4.78, 5) is 16.9. The van der Waals surface area contributed by atoms with Crippen molar-refractivity contribution in [1.29, 1.82) is 0 Å². The first kappa shape index (κ1) is 18.4. The molecule has 1 heterocycles. The lowest BCUT2D eigenvalue weighted by atomic mass is 10.1. The zero-order chi connectivity index (χ0) is 19.2. The van der Waals surface area contributed by atoms with Gasteiger partial charge in [0.05, 0.1) is 27.5 Å². The van der Waals surface area contributed by atoms with Crippen molar-refractivity contribution in [2.24, 2.45) is 0 Å². The maximum atomic E-state index is 12.4. The third kappa shape index (κ3) is 4.23. The Bertz CT molecular complexity index is 922. The van der Waals surface area contributed by atoms with Crippen LogP contribution in [0.4, 0.5) is 0 Å². The van der Waals surface area contributed by atoms with E-state index in [1.54, 1.807) is 56.5 Å². The standard InChI is InChI=1S/C21H21N2O4/c1-25-17-7-4-15(5-8-17)19(24)13-23-11-10-18(22-14-23)16-6-9-20(26-2)21(12-16)27-3/h4-12,14H,13H2,1-3H3/q+1. The number of ketones is 1. The number of rotatable bonds is 7. The van der Waals surface area contributed by atoms with Gasteiger partial charge in [0.2, 0.25) is 5.78 Å². The van der Waals surface area contributed by atoms with E-state index in [0.29, 0.717) is 17.1 Å². The largest absolute Gasteiger partial charge is 0.497 e. The number of hydrogen-bond acceptors (Lipinski definition) is 5. The molecule has 1 aromatic heterocycles. The van der Waals surface area contributed by atoms with Crippen LogP contribution in [0.15, 0.2) is 61.1 Å². The molecular weight excluding hydrogens is 344 g/mol. The average molecular weight is 365 g/mol. The Hall–Kier alpha value is -3.41. The van der Waals surface area contributed by atoms with Crippen LogP contribution in [-0.2, 0) is 6.54 Å². The van der Waals surface area contributed by atoms with Crippen molar-refractivity contribution >= 4 is 5.78 Å². The Morgan fingerprint density at radius 3 is 2.26 bits per heavy atom. The Balaban J connectivity index is 1.74. The fourth-order valence-electron chi connectivity index (χ4n) is 2.68. The molecule has 0 atom stereocenters. The van der Waals surface area contributed by atoms with Crippen LogP contribution in [0.25, 0.3) is 11.3 Å². The predicted molar refractivity (Wildman–Crippen MR) is 100 cm³/mol. The third-order valence-corrected chi connectivity index (χ3v) is 4.19. The molecule has 0 aliphatic heterocycles. The van der Waals surface area contributed by atoms with Crippen LogP contribution >= 0.6 is 0 Å². The van der Waals surface area contributed by atoms with E-state index in [2.05, 4.69) is 4.98 Å². The molecule has 0 saturated heterocycles. The lowest BCUT2D eigenvalue weighted by molar-refractivity contribution is -0.686. The molecule has 138 valence electrons. The van der Waals surface area contributed by atoms with Gasteiger partial charge in [-0.15, -0.1) is 0 Å². The monoisotopic (exact) mass is 365 g/mol. The number of nitrogens with zero attached hydrogens (tertiary/aromatic N) is 2. The molecule has 6 nitrogen and oxygen atoms in total. The van der Waals surface area contributed by atoms with Crippen molar-refractivity contribution in [2.45, 2.75) is 6.54 Å². The van der Waals surface area contributed by atoms with Crippen molar-refractivity contribution in [3.05, 3.63) is 66.6 Å². The smallest absolute Gasteiger partial charge is 0.287 e. The Kier molecular flexibility index (Phi) is 5.66. The van der Waals surface area contributed by atoms with E-state index in [1.807, 2.05) is 30.5 Å². The van der Waals surface area contributed by atoms with E-state index in [4.69, 9.17) is 14.2 Å². The number of methoxy groups -OCH3 is 3. The highest BCUT2D eigenvalue weighted by Gasteiger charge is 2.13. The Labute approximate surface area is 158 Å². The van der Waals surface area contributed by atoms with Crippen molar-refractivity contribution in [3.8, 4) is 28.5 Å². The minimum Gasteiger partial charge on any atom is -0.497 e. The average Bonchev–Trinajstić information content (AvgIpc) is 2.73. The van der Waals surface area contributed by atoms with Gasteiger partial charge in [0.1, 0.15) is 5.75 Å². The minimum atomic E-state index is 0.00307. The maximum Gasteiger partial charge on any atom is 0.287 e. The topological polar surface area (TPSA) is 61.5 Å². The summed E-state index contributed by atoms with van der Waals surface area (Å²) in [6, 6.07) is 14.5. The number of carbonyl (C=O) groups is 1. The molecule has 0 unspecified atom stereocenters. The molecule has 0 spiro atoms. The molecule has 0 saturated carbocycles. The maximum absolute atomic E-state index is 12.4. The molecule has 0 N–H and O–H groups in total. The highest BCUT2D eigenvalue weighted by atomic mass is 16.5. The highest BCUT2D eigenvalue weighted by Crippen LogP contribution is 2.31. The summed E-state index contributed by atoms with van der Waals surface area (Å²) in [6.07, 6.45) is 3.48. The lowest BCUT2D eigenvalue weighted by Gasteiger charge is -2.08. The van der Waals surface area contributed by atoms with Crippen LogP contribution < -0.4 is 18.8 Å². The van der Waals surface area contributed by atoms with Gasteiger partial charge in [0.25, 0.3) is 6.33 Å². The van der Waals surface area contributed by atoms with Crippen LogP contribution in [0.3, 0.4) is 0 Å². The van der Waals surface area contributed by atoms with E-state index < -0.39 is 0 Å². The van der Waals surface area contributed by atoms with Crippen molar-refractivity contribution in [2.75, 3.05) is 21.3 Å². The fraction of sp³-hybridized carbons (Fsp3) is 0.190. The van der Waals surface area contributed by atoms with Crippen LogP contribution in [0.5, 0.6) is 17.2 Å². The first-order valence-electron chi connectivity index (χ1n) is 8.39. The summed E-state index contributed by atoms with van der Waals surface area (Å²) in [5.74, 6) is 2.03. The fourth-order valence-corrected chi connectivity index (χ4v) is 2.68. The zero-order valence-electron chi connectivity index (χ0n) is 15.5. The van der Waals surface area contributed by atoms with Crippen LogP contribution in [-0.4, -0.2) is 32.1 Å². The van der Waals surface area contributed by atoms with Crippen molar-refractivity contribution in [1.82, 2.24) is 4.98 Å². The van der Waals surface area contributed by atoms with Gasteiger partial charge in [-0.2, -0.15) is 0 Å². The second-order valence-corrected chi connectivity index (χ2v) is 5.84. The molecule has 0 amide bonds. The second kappa shape index (κ2) is 8.31. The Morgan fingerprint density at radius 2 is 1.67 bits per heavy atom. The molecule has 27 heavy (non-hydrogen) atoms. The number of Topliss-reactive ketones (excluding diaryl/α,β-unsaturated/α-hetero) is 1. The van der Waals surface area contributed by atoms with Gasteiger partial charge in [-0.1, -0.05) is 0 Å². The molecule has 6 heteroatoms. The predicted octanol–water partition coefficient (Wildman–Crippen LogP) is 2.94. The second-order valence-electron chi connectivity index (χ2n) is 5.84. The number of benzene rings is 2. The first-order valence-corrected chi connectivity index (χ1v) is 8.39. The number of ether oxygens (including phenoxy) is 3. The normalized spacial score (nSPS) is 10.3. The summed E-state index contributed by atoms with van der Waals surface area (Å²) in [6.45, 7) is 0.214. The van der Waals surface area contributed by atoms with Gasteiger partial charge < -0.3 is 14.2 Å². The quantitative estimate of drug-likeness (QED) is 0.476. The van der Waals surface area contributed by atoms with Gasteiger partial charge in [-0.25, -0.2) is 4.57 Å². The molecule has 0 aliphatic carbocycles. The van der Waals surface area contributed by atoms with Gasteiger partial charge >= 0.3 is 0 Å². The van der Waals surface area contributed by atoms with Crippen LogP contribution in [0, 0.1) is 0 Å². The van der Waals surface area contributed by atoms with Gasteiger partial charge in [0.15, 0.2) is 23.7 Å². The third-order valence-electron chi connectivity index (χ3n) is 4.19. The van der Waals surface area contributed by atoms with Crippen LogP contribution in [0.2, 0.25) is 0 Å². The molecule has 0 bridgehead atoms. The van der Waals surface area contributed by atoms with E-state index in [-0.39, 0.29) is 12.3 Å². The van der Waals surface area contributed by atoms with E-state index in [9.17, 15) is 4.79 Å². The van der Waals surface area contributed by atoms with E-state index in [0.717, 1.165) is 17.0 Å². The summed E-state index contributed by atoms with van der Waals surface area (Å²) in [7, 11) is 4.79. The molecule has 3 aromatic rings. The summed E-state index contributed by atoms with van der Waals surface area (Å²) in [5, 5.41) is 0. The molecule has 0 fully saturated rings. The van der Waals surface area contributed by atoms with E-state index >= 15 is 0 Å². The molecular formula is C21H21N2O4+. The molecule has 2 aromatic carbocycles.